The van der Waals surface area contributed by atoms with Gasteiger partial charge in [0.2, 0.25) is 5.91 Å². The average molecular weight is 249 g/mol. The molecule has 2 N–H and O–H groups in total. The summed E-state index contributed by atoms with van der Waals surface area (Å²) in [5.74, 6) is -0.744. The van der Waals surface area contributed by atoms with Gasteiger partial charge in [0.25, 0.3) is 0 Å². The molecule has 0 aliphatic carbocycles. The fourth-order valence-electron chi connectivity index (χ4n) is 1.45. The van der Waals surface area contributed by atoms with Crippen LogP contribution in [0.4, 0.5) is 10.1 Å². The summed E-state index contributed by atoms with van der Waals surface area (Å²) in [6.07, 6.45) is 0.935. The number of anilines is 1. The third kappa shape index (κ3) is 3.82. The molecule has 1 aromatic carbocycles. The molecule has 0 fully saturated rings. The first kappa shape index (κ1) is 14.1. The van der Waals surface area contributed by atoms with Crippen molar-refractivity contribution in [2.45, 2.75) is 20.3 Å². The predicted molar refractivity (Wildman–Crippen MR) is 67.6 cm³/mol. The molecule has 0 saturated carbocycles. The molecular weight excluding hydrogens is 233 g/mol. The minimum absolute atomic E-state index is 0.172. The van der Waals surface area contributed by atoms with Gasteiger partial charge in [0.05, 0.1) is 18.2 Å². The van der Waals surface area contributed by atoms with E-state index in [-0.39, 0.29) is 18.0 Å². The van der Waals surface area contributed by atoms with Crippen LogP contribution >= 0.6 is 0 Å². The maximum absolute atomic E-state index is 13.5. The lowest BCUT2D eigenvalue weighted by Crippen LogP contribution is -2.28. The van der Waals surface area contributed by atoms with Crippen LogP contribution in [0.15, 0.2) is 12.1 Å². The standard InChI is InChI=1S/C13H16FN3O/c1-3-4-16-8-13(18)17-12-6-10(7-15)5-11(14)9(12)2/h5-6,16H,3-4,8H2,1-2H3,(H,17,18). The van der Waals surface area contributed by atoms with E-state index in [0.29, 0.717) is 11.3 Å². The van der Waals surface area contributed by atoms with Gasteiger partial charge in [-0.05, 0) is 32.0 Å². The second-order valence-corrected chi connectivity index (χ2v) is 3.97. The topological polar surface area (TPSA) is 64.9 Å². The second kappa shape index (κ2) is 6.72. The van der Waals surface area contributed by atoms with Crippen molar-refractivity contribution >= 4 is 11.6 Å². The van der Waals surface area contributed by atoms with E-state index in [0.717, 1.165) is 19.0 Å². The Hall–Kier alpha value is -1.93. The summed E-state index contributed by atoms with van der Waals surface area (Å²) in [5.41, 5.74) is 0.864. The second-order valence-electron chi connectivity index (χ2n) is 3.97. The van der Waals surface area contributed by atoms with Gasteiger partial charge in [-0.15, -0.1) is 0 Å². The molecule has 1 aromatic rings. The van der Waals surface area contributed by atoms with Crippen LogP contribution in [0.5, 0.6) is 0 Å². The minimum atomic E-state index is -0.495. The Labute approximate surface area is 106 Å². The van der Waals surface area contributed by atoms with Crippen molar-refractivity contribution in [3.05, 3.63) is 29.1 Å². The molecule has 0 aliphatic rings. The van der Waals surface area contributed by atoms with E-state index >= 15 is 0 Å². The molecule has 4 nitrogen and oxygen atoms in total. The number of carbonyl (C=O) groups excluding carboxylic acids is 1. The van der Waals surface area contributed by atoms with Crippen molar-refractivity contribution in [2.75, 3.05) is 18.4 Å². The maximum atomic E-state index is 13.5. The molecule has 0 radical (unpaired) electrons. The molecule has 1 rings (SSSR count). The van der Waals surface area contributed by atoms with Gasteiger partial charge in [0.15, 0.2) is 0 Å². The van der Waals surface area contributed by atoms with Gasteiger partial charge >= 0.3 is 0 Å². The zero-order valence-corrected chi connectivity index (χ0v) is 10.5. The largest absolute Gasteiger partial charge is 0.325 e. The highest BCUT2D eigenvalue weighted by molar-refractivity contribution is 5.93. The molecule has 5 heteroatoms. The van der Waals surface area contributed by atoms with Crippen LogP contribution in [0.3, 0.4) is 0 Å². The van der Waals surface area contributed by atoms with Crippen LogP contribution in [-0.4, -0.2) is 19.0 Å². The van der Waals surface area contributed by atoms with E-state index in [1.807, 2.05) is 13.0 Å². The van der Waals surface area contributed by atoms with Crippen molar-refractivity contribution in [3.8, 4) is 6.07 Å². The van der Waals surface area contributed by atoms with Gasteiger partial charge in [-0.25, -0.2) is 4.39 Å². The van der Waals surface area contributed by atoms with Crippen LogP contribution in [0.1, 0.15) is 24.5 Å². The van der Waals surface area contributed by atoms with Crippen LogP contribution in [0, 0.1) is 24.1 Å². The number of nitrogens with one attached hydrogen (secondary N) is 2. The number of rotatable bonds is 5. The van der Waals surface area contributed by atoms with E-state index in [1.165, 1.54) is 6.07 Å². The van der Waals surface area contributed by atoms with Gasteiger partial charge < -0.3 is 10.6 Å². The third-order valence-electron chi connectivity index (χ3n) is 2.46. The lowest BCUT2D eigenvalue weighted by molar-refractivity contribution is -0.115. The Morgan fingerprint density at radius 1 is 1.50 bits per heavy atom. The SMILES string of the molecule is CCCNCC(=O)Nc1cc(C#N)cc(F)c1C. The van der Waals surface area contributed by atoms with Crippen LogP contribution < -0.4 is 10.6 Å². The van der Waals surface area contributed by atoms with E-state index < -0.39 is 5.82 Å². The minimum Gasteiger partial charge on any atom is -0.325 e. The van der Waals surface area contributed by atoms with Crippen molar-refractivity contribution in [2.24, 2.45) is 0 Å². The molecular formula is C13H16FN3O. The average Bonchev–Trinajstić information content (AvgIpc) is 2.35. The molecule has 1 amide bonds. The molecule has 0 unspecified atom stereocenters. The van der Waals surface area contributed by atoms with Crippen molar-refractivity contribution < 1.29 is 9.18 Å². The molecule has 0 atom stereocenters. The summed E-state index contributed by atoms with van der Waals surface area (Å²) in [5, 5.41) is 14.3. The number of carbonyl (C=O) groups is 1. The van der Waals surface area contributed by atoms with E-state index in [9.17, 15) is 9.18 Å². The fourth-order valence-corrected chi connectivity index (χ4v) is 1.45. The van der Waals surface area contributed by atoms with E-state index in [4.69, 9.17) is 5.26 Å². The smallest absolute Gasteiger partial charge is 0.238 e. The first-order chi connectivity index (χ1) is 8.58. The van der Waals surface area contributed by atoms with Gasteiger partial charge in [-0.3, -0.25) is 4.79 Å². The number of amides is 1. The summed E-state index contributed by atoms with van der Waals surface area (Å²) >= 11 is 0. The van der Waals surface area contributed by atoms with Crippen molar-refractivity contribution in [1.82, 2.24) is 5.32 Å². The lowest BCUT2D eigenvalue weighted by Gasteiger charge is -2.10. The van der Waals surface area contributed by atoms with Crippen LogP contribution in [-0.2, 0) is 4.79 Å². The number of benzene rings is 1. The summed E-state index contributed by atoms with van der Waals surface area (Å²) in [6.45, 7) is 4.48. The van der Waals surface area contributed by atoms with E-state index in [1.54, 1.807) is 6.92 Å². The molecule has 0 saturated heterocycles. The number of hydrogen-bond acceptors (Lipinski definition) is 3. The van der Waals surface area contributed by atoms with Crippen molar-refractivity contribution in [3.63, 3.8) is 0 Å². The summed E-state index contributed by atoms with van der Waals surface area (Å²) in [6, 6.07) is 4.48. The highest BCUT2D eigenvalue weighted by atomic mass is 19.1. The van der Waals surface area contributed by atoms with E-state index in [2.05, 4.69) is 10.6 Å². The molecule has 0 spiro atoms. The van der Waals surface area contributed by atoms with Crippen LogP contribution in [0.2, 0.25) is 0 Å². The molecule has 18 heavy (non-hydrogen) atoms. The Morgan fingerprint density at radius 3 is 2.83 bits per heavy atom. The number of nitrogens with zero attached hydrogens (tertiary/aromatic N) is 1. The molecule has 0 aliphatic heterocycles. The summed E-state index contributed by atoms with van der Waals surface area (Å²) < 4.78 is 13.5. The third-order valence-corrected chi connectivity index (χ3v) is 2.46. The molecule has 0 bridgehead atoms. The van der Waals surface area contributed by atoms with Crippen LogP contribution in [0.25, 0.3) is 0 Å². The van der Waals surface area contributed by atoms with Gasteiger partial charge in [-0.1, -0.05) is 6.92 Å². The highest BCUT2D eigenvalue weighted by Crippen LogP contribution is 2.20. The maximum Gasteiger partial charge on any atom is 0.238 e. The molecule has 96 valence electrons. The highest BCUT2D eigenvalue weighted by Gasteiger charge is 2.09. The Bertz CT molecular complexity index is 480. The monoisotopic (exact) mass is 249 g/mol. The van der Waals surface area contributed by atoms with Crippen molar-refractivity contribution in [1.29, 1.82) is 5.26 Å². The fraction of sp³-hybridized carbons (Fsp3) is 0.385. The number of halogens is 1. The quantitative estimate of drug-likeness (QED) is 0.784. The first-order valence-electron chi connectivity index (χ1n) is 5.79. The summed E-state index contributed by atoms with van der Waals surface area (Å²) in [4.78, 5) is 11.6. The normalized spacial score (nSPS) is 9.89. The summed E-state index contributed by atoms with van der Waals surface area (Å²) in [7, 11) is 0. The first-order valence-corrected chi connectivity index (χ1v) is 5.79. The zero-order chi connectivity index (χ0) is 13.5. The lowest BCUT2D eigenvalue weighted by atomic mass is 10.1. The predicted octanol–water partition coefficient (Wildman–Crippen LogP) is 1.94. The Balaban J connectivity index is 2.75. The molecule has 0 aromatic heterocycles. The zero-order valence-electron chi connectivity index (χ0n) is 10.5. The number of hydrogen-bond donors (Lipinski definition) is 2. The van der Waals surface area contributed by atoms with Gasteiger partial charge in [0, 0.05) is 11.3 Å². The number of nitriles is 1. The molecule has 0 heterocycles. The van der Waals surface area contributed by atoms with Gasteiger partial charge in [0.1, 0.15) is 5.82 Å². The Kier molecular flexibility index (Phi) is 5.28. The van der Waals surface area contributed by atoms with Gasteiger partial charge in [-0.2, -0.15) is 5.26 Å². The Morgan fingerprint density at radius 2 is 2.22 bits per heavy atom.